The van der Waals surface area contributed by atoms with Gasteiger partial charge < -0.3 is 5.73 Å². The highest BCUT2D eigenvalue weighted by Crippen LogP contribution is 2.26. The summed E-state index contributed by atoms with van der Waals surface area (Å²) in [5.41, 5.74) is 7.49. The Bertz CT molecular complexity index is 540. The molecule has 2 rings (SSSR count). The minimum Gasteiger partial charge on any atom is -0.330 e. The van der Waals surface area contributed by atoms with Crippen LogP contribution in [0, 0.1) is 19.8 Å². The van der Waals surface area contributed by atoms with Gasteiger partial charge in [0.15, 0.2) is 0 Å². The smallest absolute Gasteiger partial charge is 0.243 e. The maximum Gasteiger partial charge on any atom is 0.243 e. The zero-order valence-electron chi connectivity index (χ0n) is 10.9. The molecule has 0 radical (unpaired) electrons. The number of rotatable bonds is 3. The Labute approximate surface area is 109 Å². The van der Waals surface area contributed by atoms with Crippen molar-refractivity contribution in [2.75, 3.05) is 19.6 Å². The van der Waals surface area contributed by atoms with Gasteiger partial charge in [0.2, 0.25) is 10.0 Å². The molecule has 0 amide bonds. The molecule has 0 spiro atoms. The number of nitrogens with two attached hydrogens (primary N) is 1. The van der Waals surface area contributed by atoms with E-state index in [1.807, 2.05) is 26.0 Å². The normalized spacial score (nSPS) is 21.4. The summed E-state index contributed by atoms with van der Waals surface area (Å²) in [5, 5.41) is 0. The first-order valence-corrected chi connectivity index (χ1v) is 7.66. The molecule has 100 valence electrons. The summed E-state index contributed by atoms with van der Waals surface area (Å²) in [7, 11) is -3.35. The number of nitrogens with zero attached hydrogens (tertiary/aromatic N) is 1. The quantitative estimate of drug-likeness (QED) is 0.898. The van der Waals surface area contributed by atoms with Crippen molar-refractivity contribution in [2.24, 2.45) is 11.7 Å². The highest BCUT2D eigenvalue weighted by molar-refractivity contribution is 7.89. The maximum absolute atomic E-state index is 12.5. The summed E-state index contributed by atoms with van der Waals surface area (Å²) in [6.07, 6.45) is 0.862. The number of hydrogen-bond donors (Lipinski definition) is 1. The standard InChI is InChI=1S/C13H20N2O2S/c1-10-3-4-13(11(2)7-10)18(16,17)15-6-5-12(8-14)9-15/h3-4,7,12H,5-6,8-9,14H2,1-2H3. The highest BCUT2D eigenvalue weighted by Gasteiger charge is 2.32. The van der Waals surface area contributed by atoms with Crippen LogP contribution < -0.4 is 5.73 Å². The predicted octanol–water partition coefficient (Wildman–Crippen LogP) is 1.27. The molecule has 1 heterocycles. The van der Waals surface area contributed by atoms with E-state index in [-0.39, 0.29) is 0 Å². The van der Waals surface area contributed by atoms with Crippen molar-refractivity contribution >= 4 is 10.0 Å². The molecule has 1 fully saturated rings. The molecular weight excluding hydrogens is 248 g/mol. The Morgan fingerprint density at radius 1 is 1.39 bits per heavy atom. The van der Waals surface area contributed by atoms with Gasteiger partial charge in [0.1, 0.15) is 0 Å². The molecule has 0 aromatic heterocycles. The summed E-state index contributed by atoms with van der Waals surface area (Å²) in [6.45, 7) is 5.49. The van der Waals surface area contributed by atoms with Crippen molar-refractivity contribution < 1.29 is 8.42 Å². The van der Waals surface area contributed by atoms with Crippen LogP contribution in [0.5, 0.6) is 0 Å². The van der Waals surface area contributed by atoms with Crippen molar-refractivity contribution in [1.82, 2.24) is 4.31 Å². The Kier molecular flexibility index (Phi) is 3.75. The first-order valence-electron chi connectivity index (χ1n) is 6.22. The van der Waals surface area contributed by atoms with Crippen molar-refractivity contribution in [3.05, 3.63) is 29.3 Å². The lowest BCUT2D eigenvalue weighted by Crippen LogP contribution is -2.30. The van der Waals surface area contributed by atoms with Crippen LogP contribution in [0.4, 0.5) is 0 Å². The minimum absolute atomic E-state index is 0.297. The summed E-state index contributed by atoms with van der Waals surface area (Å²) < 4.78 is 26.6. The summed E-state index contributed by atoms with van der Waals surface area (Å²) in [5.74, 6) is 0.297. The average Bonchev–Trinajstić information content (AvgIpc) is 2.77. The zero-order valence-corrected chi connectivity index (χ0v) is 11.7. The largest absolute Gasteiger partial charge is 0.330 e. The molecule has 18 heavy (non-hydrogen) atoms. The Balaban J connectivity index is 2.31. The van der Waals surface area contributed by atoms with Crippen LogP contribution in [-0.4, -0.2) is 32.4 Å². The van der Waals surface area contributed by atoms with E-state index in [2.05, 4.69) is 0 Å². The molecule has 1 unspecified atom stereocenters. The first-order chi connectivity index (χ1) is 8.45. The molecule has 0 saturated carbocycles. The van der Waals surface area contributed by atoms with E-state index in [9.17, 15) is 8.42 Å². The molecule has 1 aliphatic heterocycles. The average molecular weight is 268 g/mol. The topological polar surface area (TPSA) is 63.4 Å². The van der Waals surface area contributed by atoms with Gasteiger partial charge in [-0.15, -0.1) is 0 Å². The van der Waals surface area contributed by atoms with Gasteiger partial charge >= 0.3 is 0 Å². The van der Waals surface area contributed by atoms with E-state index in [0.29, 0.717) is 30.4 Å². The van der Waals surface area contributed by atoms with Crippen LogP contribution in [0.2, 0.25) is 0 Å². The van der Waals surface area contributed by atoms with Gasteiger partial charge in [-0.3, -0.25) is 0 Å². The van der Waals surface area contributed by atoms with E-state index in [0.717, 1.165) is 17.5 Å². The maximum atomic E-state index is 12.5. The predicted molar refractivity (Wildman–Crippen MR) is 71.8 cm³/mol. The fourth-order valence-electron chi connectivity index (χ4n) is 2.44. The lowest BCUT2D eigenvalue weighted by atomic mass is 10.1. The number of benzene rings is 1. The first kappa shape index (κ1) is 13.5. The Morgan fingerprint density at radius 3 is 2.67 bits per heavy atom. The lowest BCUT2D eigenvalue weighted by molar-refractivity contribution is 0.458. The molecule has 1 aromatic rings. The van der Waals surface area contributed by atoms with Crippen LogP contribution in [0.25, 0.3) is 0 Å². The fourth-order valence-corrected chi connectivity index (χ4v) is 4.17. The van der Waals surface area contributed by atoms with Gasteiger partial charge in [-0.05, 0) is 44.4 Å². The van der Waals surface area contributed by atoms with Gasteiger partial charge in [0, 0.05) is 13.1 Å². The van der Waals surface area contributed by atoms with E-state index in [4.69, 9.17) is 5.73 Å². The van der Waals surface area contributed by atoms with Gasteiger partial charge in [-0.25, -0.2) is 8.42 Å². The second-order valence-electron chi connectivity index (χ2n) is 5.02. The van der Waals surface area contributed by atoms with Crippen LogP contribution in [0.15, 0.2) is 23.1 Å². The SMILES string of the molecule is Cc1ccc(S(=O)(=O)N2CCC(CN)C2)c(C)c1. The lowest BCUT2D eigenvalue weighted by Gasteiger charge is -2.18. The van der Waals surface area contributed by atoms with Crippen LogP contribution in [0.1, 0.15) is 17.5 Å². The third kappa shape index (κ3) is 2.43. The highest BCUT2D eigenvalue weighted by atomic mass is 32.2. The van der Waals surface area contributed by atoms with E-state index < -0.39 is 10.0 Å². The zero-order chi connectivity index (χ0) is 13.3. The van der Waals surface area contributed by atoms with Crippen molar-refractivity contribution in [3.63, 3.8) is 0 Å². The molecule has 0 bridgehead atoms. The molecule has 0 aliphatic carbocycles. The Hall–Kier alpha value is -0.910. The number of aryl methyl sites for hydroxylation is 2. The monoisotopic (exact) mass is 268 g/mol. The fraction of sp³-hybridized carbons (Fsp3) is 0.538. The third-order valence-corrected chi connectivity index (χ3v) is 5.56. The van der Waals surface area contributed by atoms with Gasteiger partial charge in [0.05, 0.1) is 4.90 Å². The van der Waals surface area contributed by atoms with E-state index in [1.165, 1.54) is 0 Å². The van der Waals surface area contributed by atoms with Crippen molar-refractivity contribution in [1.29, 1.82) is 0 Å². The van der Waals surface area contributed by atoms with Crippen molar-refractivity contribution in [2.45, 2.75) is 25.2 Å². The summed E-state index contributed by atoms with van der Waals surface area (Å²) >= 11 is 0. The molecule has 5 heteroatoms. The van der Waals surface area contributed by atoms with Crippen LogP contribution in [0.3, 0.4) is 0 Å². The van der Waals surface area contributed by atoms with E-state index >= 15 is 0 Å². The summed E-state index contributed by atoms with van der Waals surface area (Å²) in [6, 6.07) is 5.45. The van der Waals surface area contributed by atoms with Crippen LogP contribution >= 0.6 is 0 Å². The molecule has 2 N–H and O–H groups in total. The molecule has 1 aliphatic rings. The molecular formula is C13H20N2O2S. The van der Waals surface area contributed by atoms with Gasteiger partial charge in [-0.2, -0.15) is 4.31 Å². The molecule has 1 atom stereocenters. The minimum atomic E-state index is -3.35. The van der Waals surface area contributed by atoms with Gasteiger partial charge in [0.25, 0.3) is 0 Å². The van der Waals surface area contributed by atoms with Crippen LogP contribution in [-0.2, 0) is 10.0 Å². The number of hydrogen-bond acceptors (Lipinski definition) is 3. The van der Waals surface area contributed by atoms with E-state index in [1.54, 1.807) is 10.4 Å². The summed E-state index contributed by atoms with van der Waals surface area (Å²) in [4.78, 5) is 0.422. The molecule has 1 saturated heterocycles. The third-order valence-electron chi connectivity index (χ3n) is 3.53. The Morgan fingerprint density at radius 2 is 2.11 bits per heavy atom. The second-order valence-corrected chi connectivity index (χ2v) is 6.93. The molecule has 4 nitrogen and oxygen atoms in total. The second kappa shape index (κ2) is 4.99. The van der Waals surface area contributed by atoms with Gasteiger partial charge in [-0.1, -0.05) is 17.7 Å². The van der Waals surface area contributed by atoms with Crippen molar-refractivity contribution in [3.8, 4) is 0 Å². The number of sulfonamides is 1. The molecule has 1 aromatic carbocycles.